The second-order valence-corrected chi connectivity index (χ2v) is 5.29. The minimum absolute atomic E-state index is 0.139. The van der Waals surface area contributed by atoms with Crippen molar-refractivity contribution >= 4 is 11.9 Å². The Bertz CT molecular complexity index is 337. The van der Waals surface area contributed by atoms with E-state index in [9.17, 15) is 14.7 Å². The van der Waals surface area contributed by atoms with Gasteiger partial charge in [0.15, 0.2) is 0 Å². The second kappa shape index (κ2) is 2.74. The van der Waals surface area contributed by atoms with E-state index in [1.165, 1.54) is 0 Å². The Kier molecular flexibility index (Phi) is 1.68. The van der Waals surface area contributed by atoms with Gasteiger partial charge in [0.05, 0.1) is 11.3 Å². The quantitative estimate of drug-likeness (QED) is 0.660. The zero-order valence-corrected chi connectivity index (χ0v) is 8.44. The molecule has 4 aliphatic rings. The van der Waals surface area contributed by atoms with Crippen LogP contribution in [0.3, 0.4) is 0 Å². The molecule has 4 bridgehead atoms. The Balaban J connectivity index is 2.02. The normalized spacial score (nSPS) is 47.5. The third kappa shape index (κ3) is 1.20. The molecule has 0 aromatic rings. The lowest BCUT2D eigenvalue weighted by atomic mass is 9.59. The Labute approximate surface area is 87.6 Å². The van der Waals surface area contributed by atoms with Crippen LogP contribution in [0.1, 0.15) is 32.1 Å². The fourth-order valence-corrected chi connectivity index (χ4v) is 3.71. The highest BCUT2D eigenvalue weighted by Gasteiger charge is 2.56. The predicted molar refractivity (Wildman–Crippen MR) is 50.0 cm³/mol. The Hall–Kier alpha value is -1.06. The number of esters is 1. The maximum Gasteiger partial charge on any atom is 0.309 e. The molecule has 2 saturated carbocycles. The highest BCUT2D eigenvalue weighted by Crippen LogP contribution is 2.54. The monoisotopic (exact) mass is 210 g/mol. The zero-order chi connectivity index (χ0) is 10.6. The van der Waals surface area contributed by atoms with Crippen LogP contribution in [0.2, 0.25) is 0 Å². The molecule has 4 rings (SSSR count). The van der Waals surface area contributed by atoms with Crippen molar-refractivity contribution in [1.29, 1.82) is 0 Å². The molecule has 1 N–H and O–H groups in total. The van der Waals surface area contributed by atoms with Crippen LogP contribution < -0.4 is 0 Å². The molecule has 0 aromatic heterocycles. The van der Waals surface area contributed by atoms with Crippen LogP contribution >= 0.6 is 0 Å². The molecule has 0 spiro atoms. The molecule has 0 aromatic carbocycles. The highest BCUT2D eigenvalue weighted by atomic mass is 16.5. The first-order valence-electron chi connectivity index (χ1n) is 5.53. The van der Waals surface area contributed by atoms with Gasteiger partial charge in [0, 0.05) is 6.42 Å². The number of fused-ring (bicyclic) bond motifs is 1. The van der Waals surface area contributed by atoms with Crippen molar-refractivity contribution < 1.29 is 19.4 Å². The lowest BCUT2D eigenvalue weighted by Crippen LogP contribution is -2.44. The van der Waals surface area contributed by atoms with Gasteiger partial charge in [-0.1, -0.05) is 0 Å². The van der Waals surface area contributed by atoms with Crippen LogP contribution in [0.25, 0.3) is 0 Å². The standard InChI is InChI=1S/C11H14O4/c12-9-7-1-6-2-8(15-9)5-11(3-6,4-7)10(13)14/h6-8H,1-5H2,(H,13,14). The first kappa shape index (κ1) is 9.19. The number of aliphatic carboxylic acids is 1. The maximum absolute atomic E-state index is 11.6. The van der Waals surface area contributed by atoms with Gasteiger partial charge < -0.3 is 9.84 Å². The molecule has 0 radical (unpaired) electrons. The largest absolute Gasteiger partial charge is 0.481 e. The summed E-state index contributed by atoms with van der Waals surface area (Å²) in [6.07, 6.45) is 3.34. The summed E-state index contributed by atoms with van der Waals surface area (Å²) in [4.78, 5) is 23.0. The van der Waals surface area contributed by atoms with E-state index >= 15 is 0 Å². The van der Waals surface area contributed by atoms with Crippen molar-refractivity contribution in [3.63, 3.8) is 0 Å². The van der Waals surface area contributed by atoms with E-state index < -0.39 is 11.4 Å². The van der Waals surface area contributed by atoms with Crippen molar-refractivity contribution in [2.45, 2.75) is 38.2 Å². The van der Waals surface area contributed by atoms with E-state index in [0.717, 1.165) is 19.3 Å². The Morgan fingerprint density at radius 3 is 2.87 bits per heavy atom. The lowest BCUT2D eigenvalue weighted by molar-refractivity contribution is -0.157. The van der Waals surface area contributed by atoms with E-state index in [1.54, 1.807) is 0 Å². The van der Waals surface area contributed by atoms with Gasteiger partial charge in [-0.2, -0.15) is 0 Å². The molecule has 2 aliphatic carbocycles. The molecule has 15 heavy (non-hydrogen) atoms. The number of hydrogen-bond acceptors (Lipinski definition) is 3. The van der Waals surface area contributed by atoms with Gasteiger partial charge in [-0.05, 0) is 31.6 Å². The summed E-state index contributed by atoms with van der Waals surface area (Å²) in [5, 5.41) is 9.32. The molecule has 2 saturated heterocycles. The Morgan fingerprint density at radius 1 is 1.33 bits per heavy atom. The summed E-state index contributed by atoms with van der Waals surface area (Å²) in [6.45, 7) is 0. The van der Waals surface area contributed by atoms with Crippen LogP contribution in [-0.2, 0) is 14.3 Å². The van der Waals surface area contributed by atoms with Gasteiger partial charge in [0.2, 0.25) is 0 Å². The van der Waals surface area contributed by atoms with E-state index in [2.05, 4.69) is 0 Å². The molecule has 0 amide bonds. The summed E-state index contributed by atoms with van der Waals surface area (Å²) < 4.78 is 5.31. The second-order valence-electron chi connectivity index (χ2n) is 5.29. The molecule has 4 nitrogen and oxygen atoms in total. The summed E-state index contributed by atoms with van der Waals surface area (Å²) in [5.74, 6) is -0.678. The van der Waals surface area contributed by atoms with E-state index in [1.807, 2.05) is 0 Å². The van der Waals surface area contributed by atoms with Gasteiger partial charge in [-0.3, -0.25) is 9.59 Å². The smallest absolute Gasteiger partial charge is 0.309 e. The molecule has 82 valence electrons. The van der Waals surface area contributed by atoms with Crippen molar-refractivity contribution in [3.05, 3.63) is 0 Å². The van der Waals surface area contributed by atoms with E-state index in [4.69, 9.17) is 4.74 Å². The number of carboxylic acids is 1. The molecule has 4 heteroatoms. The fourth-order valence-electron chi connectivity index (χ4n) is 3.71. The fraction of sp³-hybridized carbons (Fsp3) is 0.818. The number of carbonyl (C=O) groups excluding carboxylic acids is 1. The molecule has 2 aliphatic heterocycles. The van der Waals surface area contributed by atoms with E-state index in [-0.39, 0.29) is 18.0 Å². The number of carbonyl (C=O) groups is 2. The van der Waals surface area contributed by atoms with Crippen LogP contribution in [0.5, 0.6) is 0 Å². The van der Waals surface area contributed by atoms with Crippen LogP contribution in [0.15, 0.2) is 0 Å². The maximum atomic E-state index is 11.6. The van der Waals surface area contributed by atoms with Crippen LogP contribution in [-0.4, -0.2) is 23.1 Å². The summed E-state index contributed by atoms with van der Waals surface area (Å²) in [6, 6.07) is 0. The number of ether oxygens (including phenoxy) is 1. The third-order valence-electron chi connectivity index (χ3n) is 4.22. The van der Waals surface area contributed by atoms with Crippen LogP contribution in [0.4, 0.5) is 0 Å². The van der Waals surface area contributed by atoms with Crippen LogP contribution in [0, 0.1) is 17.3 Å². The number of carboxylic acid groups (broad SMARTS) is 1. The topological polar surface area (TPSA) is 63.6 Å². The first-order chi connectivity index (χ1) is 7.09. The SMILES string of the molecule is O=C1OC2CC3CC1CC(C(=O)O)(C3)C2. The minimum Gasteiger partial charge on any atom is -0.481 e. The van der Waals surface area contributed by atoms with Gasteiger partial charge in [0.25, 0.3) is 0 Å². The Morgan fingerprint density at radius 2 is 2.13 bits per heavy atom. The highest BCUT2D eigenvalue weighted by molar-refractivity contribution is 5.80. The summed E-state index contributed by atoms with van der Waals surface area (Å²) >= 11 is 0. The van der Waals surface area contributed by atoms with Gasteiger partial charge in [0.1, 0.15) is 6.10 Å². The van der Waals surface area contributed by atoms with Gasteiger partial charge in [-0.15, -0.1) is 0 Å². The summed E-state index contributed by atoms with van der Waals surface area (Å²) in [5.41, 5.74) is -0.664. The van der Waals surface area contributed by atoms with Crippen molar-refractivity contribution in [3.8, 4) is 0 Å². The average Bonchev–Trinajstić information content (AvgIpc) is 2.30. The van der Waals surface area contributed by atoms with E-state index in [0.29, 0.717) is 18.8 Å². The predicted octanol–water partition coefficient (Wildman–Crippen LogP) is 1.19. The minimum atomic E-state index is -0.736. The molecule has 2 heterocycles. The third-order valence-corrected chi connectivity index (χ3v) is 4.22. The van der Waals surface area contributed by atoms with Crippen molar-refractivity contribution in [2.75, 3.05) is 0 Å². The zero-order valence-electron chi connectivity index (χ0n) is 8.44. The molecular weight excluding hydrogens is 196 g/mol. The van der Waals surface area contributed by atoms with Gasteiger partial charge in [-0.25, -0.2) is 0 Å². The van der Waals surface area contributed by atoms with Crippen molar-refractivity contribution in [1.82, 2.24) is 0 Å². The summed E-state index contributed by atoms with van der Waals surface area (Å²) in [7, 11) is 0. The molecule has 4 fully saturated rings. The average molecular weight is 210 g/mol. The number of rotatable bonds is 1. The lowest BCUT2D eigenvalue weighted by Gasteiger charge is -2.43. The van der Waals surface area contributed by atoms with Crippen molar-refractivity contribution in [2.24, 2.45) is 17.3 Å². The molecule has 4 unspecified atom stereocenters. The first-order valence-corrected chi connectivity index (χ1v) is 5.53. The van der Waals surface area contributed by atoms with Gasteiger partial charge >= 0.3 is 11.9 Å². The number of hydrogen-bond donors (Lipinski definition) is 1. The molecular formula is C11H14O4. The molecule has 4 atom stereocenters.